The lowest BCUT2D eigenvalue weighted by molar-refractivity contribution is -0.121. The molecular formula is C10H9NO3S. The maximum atomic E-state index is 11.5. The quantitative estimate of drug-likeness (QED) is 0.685. The minimum atomic E-state index is -0.279. The van der Waals surface area contributed by atoms with Crippen LogP contribution in [0.4, 0.5) is 4.79 Å². The third-order valence-corrected chi connectivity index (χ3v) is 2.98. The van der Waals surface area contributed by atoms with E-state index in [0.29, 0.717) is 10.7 Å². The lowest BCUT2D eigenvalue weighted by Crippen LogP contribution is -2.22. The van der Waals surface area contributed by atoms with Crippen LogP contribution in [0.5, 0.6) is 0 Å². The summed E-state index contributed by atoms with van der Waals surface area (Å²) in [5, 5.41) is -0.255. The molecule has 1 aromatic heterocycles. The molecule has 0 spiro atoms. The number of rotatable bonds is 1. The second-order valence-corrected chi connectivity index (χ2v) is 4.18. The maximum Gasteiger partial charge on any atom is 0.293 e. The SMILES string of the molecule is Cc1ccc(/C=C2\SC(=O)N(C)C2=O)o1. The first-order chi connectivity index (χ1) is 7.08. The van der Waals surface area contributed by atoms with Gasteiger partial charge in [0.25, 0.3) is 11.1 Å². The van der Waals surface area contributed by atoms with Gasteiger partial charge in [-0.1, -0.05) is 0 Å². The van der Waals surface area contributed by atoms with Gasteiger partial charge in [-0.05, 0) is 30.8 Å². The van der Waals surface area contributed by atoms with E-state index in [2.05, 4.69) is 0 Å². The molecule has 2 heterocycles. The Balaban J connectivity index is 2.29. The smallest absolute Gasteiger partial charge is 0.293 e. The zero-order valence-corrected chi connectivity index (χ0v) is 9.13. The van der Waals surface area contributed by atoms with Crippen LogP contribution >= 0.6 is 11.8 Å². The molecule has 1 aliphatic heterocycles. The third-order valence-electron chi connectivity index (χ3n) is 2.02. The highest BCUT2D eigenvalue weighted by Crippen LogP contribution is 2.31. The molecule has 0 unspecified atom stereocenters. The molecule has 78 valence electrons. The molecular weight excluding hydrogens is 214 g/mol. The zero-order valence-electron chi connectivity index (χ0n) is 8.31. The summed E-state index contributed by atoms with van der Waals surface area (Å²) in [7, 11) is 1.46. The Morgan fingerprint density at radius 3 is 2.60 bits per heavy atom. The largest absolute Gasteiger partial charge is 0.462 e. The monoisotopic (exact) mass is 223 g/mol. The van der Waals surface area contributed by atoms with E-state index in [-0.39, 0.29) is 11.1 Å². The van der Waals surface area contributed by atoms with Crippen molar-refractivity contribution in [2.24, 2.45) is 0 Å². The number of carbonyl (C=O) groups excluding carboxylic acids is 2. The zero-order chi connectivity index (χ0) is 11.0. The van der Waals surface area contributed by atoms with Gasteiger partial charge >= 0.3 is 0 Å². The normalized spacial score (nSPS) is 19.3. The summed E-state index contributed by atoms with van der Waals surface area (Å²) < 4.78 is 5.29. The fraction of sp³-hybridized carbons (Fsp3) is 0.200. The maximum absolute atomic E-state index is 11.5. The molecule has 1 saturated heterocycles. The summed E-state index contributed by atoms with van der Waals surface area (Å²) in [6.07, 6.45) is 1.58. The van der Waals surface area contributed by atoms with Gasteiger partial charge in [-0.2, -0.15) is 0 Å². The molecule has 0 atom stereocenters. The highest BCUT2D eigenvalue weighted by molar-refractivity contribution is 8.18. The summed E-state index contributed by atoms with van der Waals surface area (Å²) in [6.45, 7) is 1.82. The first-order valence-corrected chi connectivity index (χ1v) is 5.17. The molecule has 0 bridgehead atoms. The van der Waals surface area contributed by atoms with Crippen LogP contribution in [-0.2, 0) is 4.79 Å². The van der Waals surface area contributed by atoms with Crippen molar-refractivity contribution in [1.29, 1.82) is 0 Å². The highest BCUT2D eigenvalue weighted by Gasteiger charge is 2.31. The molecule has 1 fully saturated rings. The summed E-state index contributed by atoms with van der Waals surface area (Å²) in [5.74, 6) is 1.09. The number of likely N-dealkylation sites (N-methyl/N-ethyl adjacent to an activating group) is 1. The van der Waals surface area contributed by atoms with Gasteiger partial charge in [0.15, 0.2) is 0 Å². The third kappa shape index (κ3) is 1.83. The molecule has 2 rings (SSSR count). The van der Waals surface area contributed by atoms with E-state index in [9.17, 15) is 9.59 Å². The molecule has 2 amide bonds. The molecule has 15 heavy (non-hydrogen) atoms. The minimum Gasteiger partial charge on any atom is -0.462 e. The predicted octanol–water partition coefficient (Wildman–Crippen LogP) is 2.25. The van der Waals surface area contributed by atoms with Crippen LogP contribution in [0.3, 0.4) is 0 Å². The van der Waals surface area contributed by atoms with Gasteiger partial charge in [0, 0.05) is 13.1 Å². The molecule has 4 nitrogen and oxygen atoms in total. The first-order valence-electron chi connectivity index (χ1n) is 4.36. The Labute approximate surface area is 90.9 Å². The van der Waals surface area contributed by atoms with Gasteiger partial charge in [-0.15, -0.1) is 0 Å². The highest BCUT2D eigenvalue weighted by atomic mass is 32.2. The van der Waals surface area contributed by atoms with E-state index < -0.39 is 0 Å². The van der Waals surface area contributed by atoms with Crippen LogP contribution in [-0.4, -0.2) is 23.1 Å². The molecule has 1 aliphatic rings. The lowest BCUT2D eigenvalue weighted by atomic mass is 10.3. The fourth-order valence-electron chi connectivity index (χ4n) is 1.21. The Morgan fingerprint density at radius 2 is 2.13 bits per heavy atom. The molecule has 0 aromatic carbocycles. The topological polar surface area (TPSA) is 50.5 Å². The van der Waals surface area contributed by atoms with E-state index in [1.165, 1.54) is 7.05 Å². The van der Waals surface area contributed by atoms with E-state index in [1.54, 1.807) is 12.1 Å². The standard InChI is InChI=1S/C10H9NO3S/c1-6-3-4-7(14-6)5-8-9(12)11(2)10(13)15-8/h3-5H,1-2H3/b8-5-. The fourth-order valence-corrected chi connectivity index (χ4v) is 2.01. The van der Waals surface area contributed by atoms with Crippen LogP contribution in [0, 0.1) is 6.92 Å². The van der Waals surface area contributed by atoms with E-state index >= 15 is 0 Å². The number of imide groups is 1. The van der Waals surface area contributed by atoms with Crippen molar-refractivity contribution in [1.82, 2.24) is 4.90 Å². The van der Waals surface area contributed by atoms with Gasteiger partial charge in [0.2, 0.25) is 0 Å². The van der Waals surface area contributed by atoms with Gasteiger partial charge < -0.3 is 4.42 Å². The summed E-state index contributed by atoms with van der Waals surface area (Å²) in [5.41, 5.74) is 0. The molecule has 0 saturated carbocycles. The van der Waals surface area contributed by atoms with Crippen molar-refractivity contribution in [2.75, 3.05) is 7.05 Å². The predicted molar refractivity (Wildman–Crippen MR) is 57.2 cm³/mol. The molecule has 0 aliphatic carbocycles. The average Bonchev–Trinajstić information content (AvgIpc) is 2.68. The van der Waals surface area contributed by atoms with Gasteiger partial charge in [0.05, 0.1) is 4.91 Å². The molecule has 0 N–H and O–H groups in total. The van der Waals surface area contributed by atoms with Gasteiger partial charge in [0.1, 0.15) is 11.5 Å². The number of amides is 2. The van der Waals surface area contributed by atoms with Crippen LogP contribution in [0.2, 0.25) is 0 Å². The summed E-state index contributed by atoms with van der Waals surface area (Å²) in [6, 6.07) is 3.57. The average molecular weight is 223 g/mol. The Bertz CT molecular complexity index is 461. The van der Waals surface area contributed by atoms with Crippen molar-refractivity contribution in [2.45, 2.75) is 6.92 Å². The van der Waals surface area contributed by atoms with Crippen LogP contribution in [0.15, 0.2) is 21.5 Å². The van der Waals surface area contributed by atoms with Gasteiger partial charge in [-0.25, -0.2) is 0 Å². The second kappa shape index (κ2) is 3.58. The summed E-state index contributed by atoms with van der Waals surface area (Å²) in [4.78, 5) is 24.2. The van der Waals surface area contributed by atoms with Crippen LogP contribution in [0.25, 0.3) is 6.08 Å². The Kier molecular flexibility index (Phi) is 2.40. The number of aryl methyl sites for hydroxylation is 1. The number of hydrogen-bond acceptors (Lipinski definition) is 4. The van der Waals surface area contributed by atoms with E-state index in [1.807, 2.05) is 13.0 Å². The number of thioether (sulfide) groups is 1. The molecule has 0 radical (unpaired) electrons. The van der Waals surface area contributed by atoms with Crippen molar-refractivity contribution < 1.29 is 14.0 Å². The number of hydrogen-bond donors (Lipinski definition) is 0. The molecule has 5 heteroatoms. The second-order valence-electron chi connectivity index (χ2n) is 3.19. The van der Waals surface area contributed by atoms with Crippen LogP contribution < -0.4 is 0 Å². The van der Waals surface area contributed by atoms with E-state index in [0.717, 1.165) is 22.4 Å². The van der Waals surface area contributed by atoms with Crippen molar-refractivity contribution in [3.05, 3.63) is 28.6 Å². The Morgan fingerprint density at radius 1 is 1.40 bits per heavy atom. The summed E-state index contributed by atoms with van der Waals surface area (Å²) >= 11 is 0.924. The lowest BCUT2D eigenvalue weighted by Gasteiger charge is -2.00. The number of carbonyl (C=O) groups is 2. The van der Waals surface area contributed by atoms with Crippen LogP contribution in [0.1, 0.15) is 11.5 Å². The number of nitrogens with zero attached hydrogens (tertiary/aromatic N) is 1. The van der Waals surface area contributed by atoms with Gasteiger partial charge in [-0.3, -0.25) is 14.5 Å². The number of furan rings is 1. The Hall–Kier alpha value is -1.49. The minimum absolute atomic E-state index is 0.255. The first kappa shape index (κ1) is 10.0. The van der Waals surface area contributed by atoms with Crippen molar-refractivity contribution in [3.63, 3.8) is 0 Å². The molecule has 1 aromatic rings. The van der Waals surface area contributed by atoms with Crippen molar-refractivity contribution in [3.8, 4) is 0 Å². The van der Waals surface area contributed by atoms with Crippen molar-refractivity contribution >= 4 is 29.0 Å². The van der Waals surface area contributed by atoms with E-state index in [4.69, 9.17) is 4.42 Å².